The maximum absolute atomic E-state index is 10.4. The van der Waals surface area contributed by atoms with Crippen molar-refractivity contribution in [1.82, 2.24) is 4.98 Å². The Morgan fingerprint density at radius 2 is 1.62 bits per heavy atom. The lowest BCUT2D eigenvalue weighted by Gasteiger charge is -2.18. The van der Waals surface area contributed by atoms with Crippen molar-refractivity contribution < 1.29 is 5.11 Å². The molecule has 1 aliphatic heterocycles. The molecular formula is C19H13Cl2N3OS. The van der Waals surface area contributed by atoms with Gasteiger partial charge in [-0.05, 0) is 36.4 Å². The Morgan fingerprint density at radius 3 is 2.27 bits per heavy atom. The number of thiazole rings is 1. The fourth-order valence-corrected chi connectivity index (χ4v) is 3.93. The Hall–Kier alpha value is -2.34. The van der Waals surface area contributed by atoms with E-state index in [1.807, 2.05) is 41.8 Å². The number of benzene rings is 2. The number of halogens is 2. The Labute approximate surface area is 164 Å². The van der Waals surface area contributed by atoms with E-state index >= 15 is 0 Å². The number of amidine groups is 1. The molecule has 2 heterocycles. The fourth-order valence-electron chi connectivity index (χ4n) is 2.79. The third kappa shape index (κ3) is 3.09. The highest BCUT2D eigenvalue weighted by Crippen LogP contribution is 2.34. The predicted molar refractivity (Wildman–Crippen MR) is 109 cm³/mol. The van der Waals surface area contributed by atoms with Crippen LogP contribution in [0.1, 0.15) is 5.01 Å². The molecule has 3 aromatic rings. The van der Waals surface area contributed by atoms with E-state index in [1.165, 1.54) is 11.3 Å². The van der Waals surface area contributed by atoms with E-state index < -0.39 is 0 Å². The quantitative estimate of drug-likeness (QED) is 0.575. The van der Waals surface area contributed by atoms with Gasteiger partial charge >= 0.3 is 0 Å². The Bertz CT molecular complexity index is 1010. The lowest BCUT2D eigenvalue weighted by molar-refractivity contribution is 0.411. The molecule has 0 radical (unpaired) electrons. The van der Waals surface area contributed by atoms with E-state index in [0.717, 1.165) is 16.9 Å². The Morgan fingerprint density at radius 1 is 1.00 bits per heavy atom. The van der Waals surface area contributed by atoms with Crippen LogP contribution in [0.3, 0.4) is 0 Å². The summed E-state index contributed by atoms with van der Waals surface area (Å²) in [6.07, 6.45) is 0. The molecule has 4 nitrogen and oxygen atoms in total. The maximum atomic E-state index is 10.4. The van der Waals surface area contributed by atoms with Crippen molar-refractivity contribution in [3.05, 3.63) is 74.7 Å². The minimum atomic E-state index is 0.141. The van der Waals surface area contributed by atoms with Crippen molar-refractivity contribution in [1.29, 1.82) is 5.41 Å². The molecule has 0 amide bonds. The molecule has 2 aromatic carbocycles. The molecule has 0 fully saturated rings. The number of hydrogen-bond donors (Lipinski definition) is 2. The molecule has 0 unspecified atom stereocenters. The topological polar surface area (TPSA) is 60.2 Å². The van der Waals surface area contributed by atoms with Crippen LogP contribution < -0.4 is 4.90 Å². The van der Waals surface area contributed by atoms with E-state index in [0.29, 0.717) is 20.6 Å². The summed E-state index contributed by atoms with van der Waals surface area (Å²) in [5.74, 6) is 0.365. The standard InChI is InChI=1S/C19H13Cl2N3OS/c20-12-3-1-11(2-4-12)15-10-26-19(23-15)17-16(25)9-24(18(17)22)14-7-5-13(21)6-8-14/h1-8,10,22,25H,9H2. The van der Waals surface area contributed by atoms with Gasteiger partial charge in [0.2, 0.25) is 0 Å². The molecule has 0 aliphatic carbocycles. The predicted octanol–water partition coefficient (Wildman–Crippen LogP) is 5.88. The molecule has 0 spiro atoms. The third-order valence-electron chi connectivity index (χ3n) is 4.10. The molecular weight excluding hydrogens is 389 g/mol. The molecule has 26 heavy (non-hydrogen) atoms. The number of nitrogens with zero attached hydrogens (tertiary/aromatic N) is 2. The van der Waals surface area contributed by atoms with Crippen molar-refractivity contribution in [2.75, 3.05) is 11.4 Å². The van der Waals surface area contributed by atoms with Crippen LogP contribution in [0.15, 0.2) is 59.7 Å². The zero-order valence-electron chi connectivity index (χ0n) is 13.4. The largest absolute Gasteiger partial charge is 0.510 e. The first-order valence-electron chi connectivity index (χ1n) is 7.79. The van der Waals surface area contributed by atoms with Gasteiger partial charge in [0, 0.05) is 26.7 Å². The van der Waals surface area contributed by atoms with Gasteiger partial charge in [-0.25, -0.2) is 4.98 Å². The van der Waals surface area contributed by atoms with Crippen LogP contribution in [0.4, 0.5) is 5.69 Å². The fraction of sp³-hybridized carbons (Fsp3) is 0.0526. The second-order valence-electron chi connectivity index (χ2n) is 5.78. The van der Waals surface area contributed by atoms with Crippen LogP contribution in [0.5, 0.6) is 0 Å². The molecule has 0 bridgehead atoms. The van der Waals surface area contributed by atoms with Gasteiger partial charge in [0.15, 0.2) is 0 Å². The molecule has 0 saturated carbocycles. The summed E-state index contributed by atoms with van der Waals surface area (Å²) in [6.45, 7) is 0.242. The number of nitrogens with one attached hydrogen (secondary N) is 1. The smallest absolute Gasteiger partial charge is 0.139 e. The van der Waals surface area contributed by atoms with Crippen LogP contribution in [0.25, 0.3) is 16.8 Å². The monoisotopic (exact) mass is 401 g/mol. The minimum Gasteiger partial charge on any atom is -0.510 e. The Kier molecular flexibility index (Phi) is 4.44. The average Bonchev–Trinajstić information content (AvgIpc) is 3.21. The third-order valence-corrected chi connectivity index (χ3v) is 5.46. The van der Waals surface area contributed by atoms with Crippen molar-refractivity contribution in [3.63, 3.8) is 0 Å². The highest BCUT2D eigenvalue weighted by molar-refractivity contribution is 7.11. The summed E-state index contributed by atoms with van der Waals surface area (Å²) in [7, 11) is 0. The average molecular weight is 402 g/mol. The van der Waals surface area contributed by atoms with Crippen LogP contribution >= 0.6 is 34.5 Å². The van der Waals surface area contributed by atoms with Crippen LogP contribution in [0, 0.1) is 5.41 Å². The van der Waals surface area contributed by atoms with E-state index in [1.54, 1.807) is 17.0 Å². The lowest BCUT2D eigenvalue weighted by Crippen LogP contribution is -2.25. The minimum absolute atomic E-state index is 0.141. The first kappa shape index (κ1) is 17.1. The SMILES string of the molecule is N=C1C(c2nc(-c3ccc(Cl)cc3)cs2)=C(O)CN1c1ccc(Cl)cc1. The summed E-state index contributed by atoms with van der Waals surface area (Å²) in [4.78, 5) is 6.33. The van der Waals surface area contributed by atoms with Crippen LogP contribution in [0.2, 0.25) is 10.0 Å². The van der Waals surface area contributed by atoms with Crippen molar-refractivity contribution in [2.24, 2.45) is 0 Å². The normalized spacial score (nSPS) is 14.4. The van der Waals surface area contributed by atoms with Gasteiger partial charge < -0.3 is 10.0 Å². The molecule has 4 rings (SSSR count). The van der Waals surface area contributed by atoms with Crippen molar-refractivity contribution >= 4 is 51.6 Å². The van der Waals surface area contributed by atoms with Crippen molar-refractivity contribution in [2.45, 2.75) is 0 Å². The molecule has 2 N–H and O–H groups in total. The van der Waals surface area contributed by atoms with Crippen LogP contribution in [-0.4, -0.2) is 22.5 Å². The zero-order chi connectivity index (χ0) is 18.3. The van der Waals surface area contributed by atoms with Gasteiger partial charge in [-0.3, -0.25) is 5.41 Å². The van der Waals surface area contributed by atoms with Gasteiger partial charge in [-0.2, -0.15) is 0 Å². The molecule has 1 aliphatic rings. The maximum Gasteiger partial charge on any atom is 0.139 e. The van der Waals surface area contributed by atoms with Gasteiger partial charge in [0.1, 0.15) is 16.6 Å². The number of anilines is 1. The Balaban J connectivity index is 1.63. The second-order valence-corrected chi connectivity index (χ2v) is 7.51. The van der Waals surface area contributed by atoms with Crippen LogP contribution in [-0.2, 0) is 0 Å². The number of aliphatic hydroxyl groups excluding tert-OH is 1. The first-order chi connectivity index (χ1) is 12.5. The number of aromatic nitrogens is 1. The van der Waals surface area contributed by atoms with Gasteiger partial charge in [0.05, 0.1) is 17.8 Å². The van der Waals surface area contributed by atoms with Gasteiger partial charge in [-0.15, -0.1) is 11.3 Å². The summed E-state index contributed by atoms with van der Waals surface area (Å²) < 4.78 is 0. The van der Waals surface area contributed by atoms with E-state index in [-0.39, 0.29) is 18.1 Å². The summed E-state index contributed by atoms with van der Waals surface area (Å²) >= 11 is 13.3. The van der Waals surface area contributed by atoms with Gasteiger partial charge in [-0.1, -0.05) is 35.3 Å². The summed E-state index contributed by atoms with van der Waals surface area (Å²) in [6, 6.07) is 14.6. The summed E-state index contributed by atoms with van der Waals surface area (Å²) in [5.41, 5.74) is 3.00. The van der Waals surface area contributed by atoms with E-state index in [2.05, 4.69) is 4.98 Å². The van der Waals surface area contributed by atoms with Crippen molar-refractivity contribution in [3.8, 4) is 11.3 Å². The lowest BCUT2D eigenvalue weighted by atomic mass is 10.2. The zero-order valence-corrected chi connectivity index (χ0v) is 15.7. The first-order valence-corrected chi connectivity index (χ1v) is 9.42. The molecule has 7 heteroatoms. The van der Waals surface area contributed by atoms with Gasteiger partial charge in [0.25, 0.3) is 0 Å². The highest BCUT2D eigenvalue weighted by Gasteiger charge is 2.31. The van der Waals surface area contributed by atoms with E-state index in [4.69, 9.17) is 28.6 Å². The molecule has 1 aromatic heterocycles. The molecule has 0 saturated heterocycles. The molecule has 0 atom stereocenters. The molecule has 130 valence electrons. The number of aliphatic hydroxyl groups is 1. The second kappa shape index (κ2) is 6.76. The number of rotatable bonds is 3. The number of hydrogen-bond acceptors (Lipinski definition) is 4. The van der Waals surface area contributed by atoms with E-state index in [9.17, 15) is 5.11 Å². The highest BCUT2D eigenvalue weighted by atomic mass is 35.5. The summed E-state index contributed by atoms with van der Waals surface area (Å²) in [5, 5.41) is 22.8.